The van der Waals surface area contributed by atoms with Gasteiger partial charge in [0.05, 0.1) is 17.4 Å². The predicted octanol–water partition coefficient (Wildman–Crippen LogP) is 2.56. The van der Waals surface area contributed by atoms with Crippen LogP contribution >= 0.6 is 0 Å². The molecule has 0 saturated heterocycles. The average molecular weight is 217 g/mol. The van der Waals surface area contributed by atoms with E-state index in [1.54, 1.807) is 0 Å². The maximum absolute atomic E-state index is 5.78. The topological polar surface area (TPSA) is 43.8 Å². The minimum Gasteiger partial charge on any atom is -0.328 e. The molecule has 0 spiro atoms. The molecule has 0 saturated carbocycles. The highest BCUT2D eigenvalue weighted by Crippen LogP contribution is 2.22. The van der Waals surface area contributed by atoms with Gasteiger partial charge in [0.1, 0.15) is 0 Å². The Morgan fingerprint density at radius 2 is 2.00 bits per heavy atom. The maximum atomic E-state index is 5.78. The maximum Gasteiger partial charge on any atom is 0.0961 e. The van der Waals surface area contributed by atoms with Crippen molar-refractivity contribution in [2.75, 3.05) is 6.54 Å². The van der Waals surface area contributed by atoms with Crippen LogP contribution in [0.5, 0.6) is 0 Å². The molecule has 16 heavy (non-hydrogen) atoms. The van der Waals surface area contributed by atoms with Crippen LogP contribution in [0.4, 0.5) is 0 Å². The van der Waals surface area contributed by atoms with Gasteiger partial charge in [0.25, 0.3) is 0 Å². The number of benzene rings is 1. The molecule has 1 heterocycles. The lowest BCUT2D eigenvalue weighted by atomic mass is 10.1. The number of fused-ring (bicyclic) bond motifs is 1. The van der Waals surface area contributed by atoms with Crippen LogP contribution in [-0.2, 0) is 0 Å². The summed E-state index contributed by atoms with van der Waals surface area (Å²) in [6, 6.07) is 4.70. The van der Waals surface area contributed by atoms with Gasteiger partial charge in [-0.15, -0.1) is 0 Å². The molecule has 2 N–H and O–H groups in total. The summed E-state index contributed by atoms with van der Waals surface area (Å²) in [5.74, 6) is 0. The number of rotatable bonds is 3. The zero-order valence-corrected chi connectivity index (χ0v) is 10.2. The van der Waals surface area contributed by atoms with Crippen molar-refractivity contribution in [1.82, 2.24) is 9.55 Å². The molecule has 0 radical (unpaired) electrons. The first-order valence-electron chi connectivity index (χ1n) is 5.81. The first-order chi connectivity index (χ1) is 7.67. The Morgan fingerprint density at radius 3 is 2.62 bits per heavy atom. The van der Waals surface area contributed by atoms with Gasteiger partial charge in [-0.1, -0.05) is 6.92 Å². The van der Waals surface area contributed by atoms with E-state index in [0.717, 1.165) is 11.9 Å². The number of nitrogens with two attached hydrogens (primary N) is 1. The zero-order chi connectivity index (χ0) is 11.7. The van der Waals surface area contributed by atoms with E-state index in [0.29, 0.717) is 12.6 Å². The Hall–Kier alpha value is -1.35. The Labute approximate surface area is 96.3 Å². The molecule has 1 aromatic heterocycles. The summed E-state index contributed by atoms with van der Waals surface area (Å²) >= 11 is 0. The third-order valence-electron chi connectivity index (χ3n) is 3.33. The number of aryl methyl sites for hydroxylation is 2. The molecule has 3 heteroatoms. The fourth-order valence-electron chi connectivity index (χ4n) is 2.05. The van der Waals surface area contributed by atoms with Gasteiger partial charge in [0.15, 0.2) is 0 Å². The van der Waals surface area contributed by atoms with Crippen molar-refractivity contribution in [3.8, 4) is 0 Å². The molecule has 0 aliphatic rings. The van der Waals surface area contributed by atoms with Gasteiger partial charge in [0, 0.05) is 12.6 Å². The van der Waals surface area contributed by atoms with Crippen molar-refractivity contribution >= 4 is 11.0 Å². The van der Waals surface area contributed by atoms with Crippen LogP contribution in [0.1, 0.15) is 30.5 Å². The van der Waals surface area contributed by atoms with Gasteiger partial charge < -0.3 is 10.3 Å². The second-order valence-corrected chi connectivity index (χ2v) is 4.37. The smallest absolute Gasteiger partial charge is 0.0961 e. The fourth-order valence-corrected chi connectivity index (χ4v) is 2.05. The summed E-state index contributed by atoms with van der Waals surface area (Å²) in [5, 5.41) is 0. The van der Waals surface area contributed by atoms with Crippen LogP contribution in [-0.4, -0.2) is 16.1 Å². The molecule has 2 rings (SSSR count). The molecule has 1 unspecified atom stereocenters. The van der Waals surface area contributed by atoms with Crippen LogP contribution in [0.25, 0.3) is 11.0 Å². The monoisotopic (exact) mass is 217 g/mol. The number of hydrogen-bond acceptors (Lipinski definition) is 2. The van der Waals surface area contributed by atoms with E-state index in [9.17, 15) is 0 Å². The number of aromatic nitrogens is 2. The first kappa shape index (κ1) is 11.1. The third kappa shape index (κ3) is 1.71. The molecule has 0 fully saturated rings. The second kappa shape index (κ2) is 4.26. The van der Waals surface area contributed by atoms with Crippen LogP contribution in [0, 0.1) is 13.8 Å². The molecule has 2 aromatic rings. The molecule has 86 valence electrons. The lowest BCUT2D eigenvalue weighted by Crippen LogP contribution is -2.17. The van der Waals surface area contributed by atoms with Gasteiger partial charge in [-0.25, -0.2) is 4.98 Å². The van der Waals surface area contributed by atoms with Crippen molar-refractivity contribution in [1.29, 1.82) is 0 Å². The molecule has 3 nitrogen and oxygen atoms in total. The SMILES string of the molecule is CCC(CN)n1cnc2cc(C)c(C)cc21. The third-order valence-corrected chi connectivity index (χ3v) is 3.33. The van der Waals surface area contributed by atoms with E-state index in [1.807, 2.05) is 6.33 Å². The highest BCUT2D eigenvalue weighted by Gasteiger charge is 2.11. The minimum absolute atomic E-state index is 0.354. The van der Waals surface area contributed by atoms with Crippen molar-refractivity contribution in [3.63, 3.8) is 0 Å². The van der Waals surface area contributed by atoms with E-state index < -0.39 is 0 Å². The summed E-state index contributed by atoms with van der Waals surface area (Å²) in [7, 11) is 0. The van der Waals surface area contributed by atoms with Gasteiger partial charge >= 0.3 is 0 Å². The van der Waals surface area contributed by atoms with Crippen molar-refractivity contribution in [3.05, 3.63) is 29.6 Å². The van der Waals surface area contributed by atoms with Crippen LogP contribution in [0.15, 0.2) is 18.5 Å². The van der Waals surface area contributed by atoms with E-state index in [2.05, 4.69) is 42.5 Å². The fraction of sp³-hybridized carbons (Fsp3) is 0.462. The van der Waals surface area contributed by atoms with Crippen molar-refractivity contribution in [2.24, 2.45) is 5.73 Å². The molecular weight excluding hydrogens is 198 g/mol. The van der Waals surface area contributed by atoms with Gasteiger partial charge in [0.2, 0.25) is 0 Å². The zero-order valence-electron chi connectivity index (χ0n) is 10.2. The Morgan fingerprint density at radius 1 is 1.31 bits per heavy atom. The predicted molar refractivity (Wildman–Crippen MR) is 67.6 cm³/mol. The summed E-state index contributed by atoms with van der Waals surface area (Å²) in [6.45, 7) is 7.07. The quantitative estimate of drug-likeness (QED) is 0.858. The molecule has 0 bridgehead atoms. The highest BCUT2D eigenvalue weighted by molar-refractivity contribution is 5.77. The molecule has 1 atom stereocenters. The lowest BCUT2D eigenvalue weighted by Gasteiger charge is -2.15. The van der Waals surface area contributed by atoms with E-state index in [1.165, 1.54) is 16.6 Å². The minimum atomic E-state index is 0.354. The molecule has 0 aliphatic heterocycles. The number of nitrogens with zero attached hydrogens (tertiary/aromatic N) is 2. The van der Waals surface area contributed by atoms with Crippen molar-refractivity contribution < 1.29 is 0 Å². The molecule has 1 aromatic carbocycles. The normalized spacial score (nSPS) is 13.2. The number of imidazole rings is 1. The van der Waals surface area contributed by atoms with Crippen molar-refractivity contribution in [2.45, 2.75) is 33.2 Å². The molecular formula is C13H19N3. The Kier molecular flexibility index (Phi) is 2.97. The van der Waals surface area contributed by atoms with Gasteiger partial charge in [-0.05, 0) is 43.5 Å². The van der Waals surface area contributed by atoms with Crippen LogP contribution < -0.4 is 5.73 Å². The Bertz CT molecular complexity index is 495. The number of hydrogen-bond donors (Lipinski definition) is 1. The second-order valence-electron chi connectivity index (χ2n) is 4.37. The first-order valence-corrected chi connectivity index (χ1v) is 5.81. The standard InChI is InChI=1S/C13H19N3/c1-4-11(7-14)16-8-15-12-5-9(2)10(3)6-13(12)16/h5-6,8,11H,4,7,14H2,1-3H3. The van der Waals surface area contributed by atoms with E-state index in [4.69, 9.17) is 5.73 Å². The average Bonchev–Trinajstić information content (AvgIpc) is 2.65. The summed E-state index contributed by atoms with van der Waals surface area (Å²) in [5.41, 5.74) is 10.6. The van der Waals surface area contributed by atoms with Gasteiger partial charge in [-0.3, -0.25) is 0 Å². The summed E-state index contributed by atoms with van der Waals surface area (Å²) in [4.78, 5) is 4.44. The van der Waals surface area contributed by atoms with Crippen LogP contribution in [0.2, 0.25) is 0 Å². The Balaban J connectivity index is 2.59. The highest BCUT2D eigenvalue weighted by atomic mass is 15.1. The van der Waals surface area contributed by atoms with Crippen LogP contribution in [0.3, 0.4) is 0 Å². The van der Waals surface area contributed by atoms with E-state index in [-0.39, 0.29) is 0 Å². The lowest BCUT2D eigenvalue weighted by molar-refractivity contribution is 0.508. The van der Waals surface area contributed by atoms with Gasteiger partial charge in [-0.2, -0.15) is 0 Å². The summed E-state index contributed by atoms with van der Waals surface area (Å²) < 4.78 is 2.20. The summed E-state index contributed by atoms with van der Waals surface area (Å²) in [6.07, 6.45) is 2.94. The largest absolute Gasteiger partial charge is 0.328 e. The molecule has 0 aliphatic carbocycles. The molecule has 0 amide bonds. The van der Waals surface area contributed by atoms with E-state index >= 15 is 0 Å².